The molecule has 29 heavy (non-hydrogen) atoms. The van der Waals surface area contributed by atoms with E-state index in [0.717, 1.165) is 22.4 Å². The number of nitrogens with zero attached hydrogens (tertiary/aromatic N) is 1. The molecular formula is C20H21N3O5S. The Morgan fingerprint density at radius 3 is 2.59 bits per heavy atom. The molecule has 2 aromatic carbocycles. The van der Waals surface area contributed by atoms with Crippen molar-refractivity contribution in [3.8, 4) is 5.75 Å². The molecule has 0 amide bonds. The van der Waals surface area contributed by atoms with Crippen LogP contribution in [0.15, 0.2) is 59.8 Å². The highest BCUT2D eigenvalue weighted by molar-refractivity contribution is 7.87. The zero-order chi connectivity index (χ0) is 21.2. The Balaban J connectivity index is 1.93. The van der Waals surface area contributed by atoms with Crippen LogP contribution >= 0.6 is 0 Å². The molecule has 3 rings (SSSR count). The van der Waals surface area contributed by atoms with E-state index < -0.39 is 33.2 Å². The van der Waals surface area contributed by atoms with E-state index in [1.807, 2.05) is 50.3 Å². The second kappa shape index (κ2) is 7.59. The summed E-state index contributed by atoms with van der Waals surface area (Å²) in [4.78, 5) is 12.5. The highest BCUT2D eigenvalue weighted by Crippen LogP contribution is 2.39. The number of hydrogen-bond donors (Lipinski definition) is 2. The Kier molecular flexibility index (Phi) is 5.34. The fourth-order valence-corrected chi connectivity index (χ4v) is 3.73. The van der Waals surface area contributed by atoms with Crippen LogP contribution in [0.4, 0.5) is 0 Å². The highest BCUT2D eigenvalue weighted by atomic mass is 32.2. The SMILES string of the molecule is CC1(C)C=C(c2cccc(C(=O)CS(=O)(=O)ON=C(N)N)c2)c2ccccc2O1. The van der Waals surface area contributed by atoms with Gasteiger partial charge in [0.15, 0.2) is 11.5 Å². The topological polar surface area (TPSA) is 134 Å². The number of benzene rings is 2. The van der Waals surface area contributed by atoms with Gasteiger partial charge in [0, 0.05) is 11.1 Å². The van der Waals surface area contributed by atoms with E-state index in [1.54, 1.807) is 18.2 Å². The molecule has 0 aromatic heterocycles. The summed E-state index contributed by atoms with van der Waals surface area (Å²) in [5, 5.41) is 2.98. The molecule has 0 saturated carbocycles. The highest BCUT2D eigenvalue weighted by Gasteiger charge is 2.27. The van der Waals surface area contributed by atoms with Crippen LogP contribution in [-0.4, -0.2) is 31.5 Å². The number of nitrogens with two attached hydrogens (primary N) is 2. The summed E-state index contributed by atoms with van der Waals surface area (Å²) in [6, 6.07) is 14.3. The minimum Gasteiger partial charge on any atom is -0.483 e. The fraction of sp³-hybridized carbons (Fsp3) is 0.200. The van der Waals surface area contributed by atoms with Crippen molar-refractivity contribution < 1.29 is 22.2 Å². The van der Waals surface area contributed by atoms with E-state index in [-0.39, 0.29) is 5.56 Å². The standard InChI is InChI=1S/C20H21N3O5S/c1-20(2)11-16(15-8-3-4-9-18(15)27-20)13-6-5-7-14(10-13)17(24)12-29(25,26)28-23-19(21)22/h3-11H,12H2,1-2H3,(H4,21,22,23). The number of fused-ring (bicyclic) bond motifs is 1. The van der Waals surface area contributed by atoms with E-state index in [2.05, 4.69) is 9.44 Å². The minimum atomic E-state index is -4.26. The number of guanidine groups is 1. The van der Waals surface area contributed by atoms with Gasteiger partial charge in [0.2, 0.25) is 5.96 Å². The van der Waals surface area contributed by atoms with Crippen LogP contribution in [0.2, 0.25) is 0 Å². The van der Waals surface area contributed by atoms with Crippen molar-refractivity contribution >= 4 is 27.4 Å². The monoisotopic (exact) mass is 415 g/mol. The minimum absolute atomic E-state index is 0.224. The lowest BCUT2D eigenvalue weighted by atomic mass is 9.89. The normalized spacial score (nSPS) is 14.8. The van der Waals surface area contributed by atoms with Gasteiger partial charge in [0.05, 0.1) is 0 Å². The molecule has 152 valence electrons. The molecule has 0 fully saturated rings. The van der Waals surface area contributed by atoms with Gasteiger partial charge in [-0.1, -0.05) is 36.4 Å². The summed E-state index contributed by atoms with van der Waals surface area (Å²) < 4.78 is 34.0. The van der Waals surface area contributed by atoms with Crippen molar-refractivity contribution in [2.45, 2.75) is 19.4 Å². The summed E-state index contributed by atoms with van der Waals surface area (Å²) in [5.41, 5.74) is 12.3. The molecule has 0 bridgehead atoms. The van der Waals surface area contributed by atoms with Crippen LogP contribution < -0.4 is 16.2 Å². The third-order valence-electron chi connectivity index (χ3n) is 4.10. The van der Waals surface area contributed by atoms with Crippen molar-refractivity contribution in [1.29, 1.82) is 0 Å². The number of rotatable bonds is 6. The molecular weight excluding hydrogens is 394 g/mol. The molecule has 2 aromatic rings. The third-order valence-corrected chi connectivity index (χ3v) is 5.02. The van der Waals surface area contributed by atoms with Crippen LogP contribution in [0.3, 0.4) is 0 Å². The lowest BCUT2D eigenvalue weighted by Crippen LogP contribution is -2.29. The molecule has 0 unspecified atom stereocenters. The first-order valence-corrected chi connectivity index (χ1v) is 10.3. The molecule has 0 spiro atoms. The largest absolute Gasteiger partial charge is 0.483 e. The van der Waals surface area contributed by atoms with Gasteiger partial charge in [-0.25, -0.2) is 0 Å². The molecule has 0 atom stereocenters. The molecule has 0 aliphatic carbocycles. The van der Waals surface area contributed by atoms with Crippen LogP contribution in [0.25, 0.3) is 5.57 Å². The lowest BCUT2D eigenvalue weighted by molar-refractivity contribution is 0.101. The second-order valence-corrected chi connectivity index (χ2v) is 8.61. The number of carbonyl (C=O) groups is 1. The Labute approximate surface area is 168 Å². The van der Waals surface area contributed by atoms with E-state index in [4.69, 9.17) is 16.2 Å². The predicted octanol–water partition coefficient (Wildman–Crippen LogP) is 2.01. The number of hydrogen-bond acceptors (Lipinski definition) is 6. The zero-order valence-electron chi connectivity index (χ0n) is 16.0. The van der Waals surface area contributed by atoms with Gasteiger partial charge in [-0.2, -0.15) is 8.42 Å². The maximum Gasteiger partial charge on any atom is 0.336 e. The van der Waals surface area contributed by atoms with Gasteiger partial charge in [0.25, 0.3) is 0 Å². The molecule has 1 aliphatic rings. The van der Waals surface area contributed by atoms with Crippen molar-refractivity contribution in [2.24, 2.45) is 16.6 Å². The maximum atomic E-state index is 12.5. The van der Waals surface area contributed by atoms with E-state index in [0.29, 0.717) is 0 Å². The van der Waals surface area contributed by atoms with Crippen molar-refractivity contribution in [2.75, 3.05) is 5.75 Å². The summed E-state index contributed by atoms with van der Waals surface area (Å²) >= 11 is 0. The maximum absolute atomic E-state index is 12.5. The van der Waals surface area contributed by atoms with Crippen molar-refractivity contribution in [1.82, 2.24) is 0 Å². The molecule has 4 N–H and O–H groups in total. The Morgan fingerprint density at radius 1 is 1.14 bits per heavy atom. The zero-order valence-corrected chi connectivity index (χ0v) is 16.8. The van der Waals surface area contributed by atoms with Crippen LogP contribution in [0.1, 0.15) is 35.3 Å². The quantitative estimate of drug-likeness (QED) is 0.319. The predicted molar refractivity (Wildman–Crippen MR) is 110 cm³/mol. The van der Waals surface area contributed by atoms with Crippen LogP contribution in [-0.2, 0) is 14.4 Å². The summed E-state index contributed by atoms with van der Waals surface area (Å²) in [6.07, 6.45) is 1.97. The molecule has 1 heterocycles. The average Bonchev–Trinajstić information content (AvgIpc) is 2.65. The Hall–Kier alpha value is -3.33. The summed E-state index contributed by atoms with van der Waals surface area (Å²) in [6.45, 7) is 3.87. The first-order chi connectivity index (χ1) is 13.6. The van der Waals surface area contributed by atoms with Crippen LogP contribution in [0, 0.1) is 0 Å². The number of ketones is 1. The van der Waals surface area contributed by atoms with E-state index in [9.17, 15) is 13.2 Å². The van der Waals surface area contributed by atoms with Gasteiger partial charge in [0.1, 0.15) is 11.4 Å². The number of Topliss-reactive ketones (excluding diaryl/α,β-unsaturated/α-hetero) is 1. The molecule has 0 radical (unpaired) electrons. The van der Waals surface area contributed by atoms with E-state index >= 15 is 0 Å². The average molecular weight is 415 g/mol. The molecule has 8 nitrogen and oxygen atoms in total. The lowest BCUT2D eigenvalue weighted by Gasteiger charge is -2.31. The van der Waals surface area contributed by atoms with Crippen molar-refractivity contribution in [3.63, 3.8) is 0 Å². The Bertz CT molecular complexity index is 1120. The first-order valence-electron chi connectivity index (χ1n) is 8.71. The summed E-state index contributed by atoms with van der Waals surface area (Å²) in [5.74, 6) is -1.36. The Morgan fingerprint density at radius 2 is 1.86 bits per heavy atom. The fourth-order valence-electron chi connectivity index (χ4n) is 2.99. The smallest absolute Gasteiger partial charge is 0.336 e. The molecule has 0 saturated heterocycles. The molecule has 9 heteroatoms. The number of ether oxygens (including phenoxy) is 1. The van der Waals surface area contributed by atoms with Crippen molar-refractivity contribution in [3.05, 3.63) is 71.3 Å². The van der Waals surface area contributed by atoms with E-state index in [1.165, 1.54) is 0 Å². The number of para-hydroxylation sites is 1. The summed E-state index contributed by atoms with van der Waals surface area (Å²) in [7, 11) is -4.26. The van der Waals surface area contributed by atoms with Gasteiger partial charge < -0.3 is 16.2 Å². The van der Waals surface area contributed by atoms with Crippen LogP contribution in [0.5, 0.6) is 5.75 Å². The molecule has 1 aliphatic heterocycles. The van der Waals surface area contributed by atoms with Gasteiger partial charge in [-0.05, 0) is 48.3 Å². The van der Waals surface area contributed by atoms with Gasteiger partial charge >= 0.3 is 10.1 Å². The second-order valence-electron chi connectivity index (χ2n) is 7.06. The number of oxime groups is 1. The van der Waals surface area contributed by atoms with Gasteiger partial charge in [-0.3, -0.25) is 9.08 Å². The van der Waals surface area contributed by atoms with Gasteiger partial charge in [-0.15, -0.1) is 0 Å². The first kappa shape index (κ1) is 20.4. The number of carbonyl (C=O) groups excluding carboxylic acids is 1. The third kappa shape index (κ3) is 4.94.